The standard InChI is InChI=1S/C21H22ClN3O/c22-20-13-16(12-15-4-2-1-3-5-15)9-11-25(20)24-21(26)18-6-7-19-17(14-18)8-10-23-19/h1-8,10,14,16,20,23H,9,11-13H2,(H,24,26). The quantitative estimate of drug-likeness (QED) is 0.532. The van der Waals surface area contributed by atoms with E-state index in [-0.39, 0.29) is 11.4 Å². The Kier molecular flexibility index (Phi) is 4.96. The number of hydrazine groups is 1. The van der Waals surface area contributed by atoms with Crippen LogP contribution in [0.4, 0.5) is 0 Å². The fraction of sp³-hybridized carbons (Fsp3) is 0.286. The summed E-state index contributed by atoms with van der Waals surface area (Å²) in [5.74, 6) is 0.435. The summed E-state index contributed by atoms with van der Waals surface area (Å²) >= 11 is 6.56. The molecule has 2 atom stereocenters. The number of aromatic nitrogens is 1. The lowest BCUT2D eigenvalue weighted by Crippen LogP contribution is -2.50. The monoisotopic (exact) mass is 367 g/mol. The third kappa shape index (κ3) is 3.76. The first-order valence-corrected chi connectivity index (χ1v) is 9.45. The topological polar surface area (TPSA) is 48.1 Å². The van der Waals surface area contributed by atoms with Gasteiger partial charge in [0.1, 0.15) is 5.50 Å². The van der Waals surface area contributed by atoms with Crippen LogP contribution in [-0.4, -0.2) is 27.9 Å². The molecule has 2 aromatic carbocycles. The molecule has 0 bridgehead atoms. The predicted octanol–water partition coefficient (Wildman–Crippen LogP) is 4.33. The van der Waals surface area contributed by atoms with Crippen molar-refractivity contribution in [3.8, 4) is 0 Å². The van der Waals surface area contributed by atoms with Crippen molar-refractivity contribution >= 4 is 28.4 Å². The van der Waals surface area contributed by atoms with Crippen molar-refractivity contribution in [3.63, 3.8) is 0 Å². The Morgan fingerprint density at radius 3 is 2.85 bits per heavy atom. The zero-order valence-corrected chi connectivity index (χ0v) is 15.2. The molecule has 1 aliphatic heterocycles. The zero-order valence-electron chi connectivity index (χ0n) is 14.5. The van der Waals surface area contributed by atoms with Gasteiger partial charge in [-0.3, -0.25) is 10.2 Å². The molecule has 0 radical (unpaired) electrons. The molecular weight excluding hydrogens is 346 g/mol. The molecule has 1 aromatic heterocycles. The average Bonchev–Trinajstić information content (AvgIpc) is 3.12. The second-order valence-corrected chi connectivity index (χ2v) is 7.43. The van der Waals surface area contributed by atoms with Gasteiger partial charge in [-0.25, -0.2) is 5.01 Å². The fourth-order valence-electron chi connectivity index (χ4n) is 3.63. The van der Waals surface area contributed by atoms with Crippen LogP contribution in [-0.2, 0) is 6.42 Å². The van der Waals surface area contributed by atoms with Crippen molar-refractivity contribution in [1.82, 2.24) is 15.4 Å². The number of nitrogens with one attached hydrogen (secondary N) is 2. The van der Waals surface area contributed by atoms with Crippen molar-refractivity contribution in [2.45, 2.75) is 24.8 Å². The fourth-order valence-corrected chi connectivity index (χ4v) is 4.03. The molecule has 0 aliphatic carbocycles. The Morgan fingerprint density at radius 1 is 1.19 bits per heavy atom. The maximum absolute atomic E-state index is 12.6. The van der Waals surface area contributed by atoms with Crippen LogP contribution in [0.25, 0.3) is 10.9 Å². The van der Waals surface area contributed by atoms with Crippen LogP contribution in [0.3, 0.4) is 0 Å². The van der Waals surface area contributed by atoms with Gasteiger partial charge in [-0.2, -0.15) is 0 Å². The van der Waals surface area contributed by atoms with E-state index < -0.39 is 0 Å². The summed E-state index contributed by atoms with van der Waals surface area (Å²) in [6, 6.07) is 18.1. The Labute approximate surface area is 158 Å². The van der Waals surface area contributed by atoms with Gasteiger partial charge in [0.05, 0.1) is 0 Å². The highest BCUT2D eigenvalue weighted by molar-refractivity contribution is 6.20. The molecular formula is C21H22ClN3O. The number of halogens is 1. The SMILES string of the molecule is O=C(NN1CCC(Cc2ccccc2)CC1Cl)c1ccc2[nH]ccc2c1. The first kappa shape index (κ1) is 17.1. The number of aromatic amines is 1. The number of hydrogen-bond acceptors (Lipinski definition) is 2. The van der Waals surface area contributed by atoms with Crippen molar-refractivity contribution in [3.05, 3.63) is 71.9 Å². The van der Waals surface area contributed by atoms with Crippen molar-refractivity contribution in [2.24, 2.45) is 5.92 Å². The minimum absolute atomic E-state index is 0.111. The molecule has 1 amide bonds. The van der Waals surface area contributed by atoms with Crippen molar-refractivity contribution < 1.29 is 4.79 Å². The van der Waals surface area contributed by atoms with Gasteiger partial charge in [0, 0.05) is 29.2 Å². The van der Waals surface area contributed by atoms with Crippen LogP contribution in [0, 0.1) is 5.92 Å². The van der Waals surface area contributed by atoms with Crippen LogP contribution in [0.2, 0.25) is 0 Å². The minimum Gasteiger partial charge on any atom is -0.361 e. The lowest BCUT2D eigenvalue weighted by atomic mass is 9.90. The zero-order chi connectivity index (χ0) is 17.9. The number of benzene rings is 2. The number of piperidine rings is 1. The van der Waals surface area contributed by atoms with E-state index in [9.17, 15) is 4.79 Å². The molecule has 4 nitrogen and oxygen atoms in total. The van der Waals surface area contributed by atoms with Crippen LogP contribution >= 0.6 is 11.6 Å². The molecule has 5 heteroatoms. The van der Waals surface area contributed by atoms with E-state index in [1.54, 1.807) is 0 Å². The smallest absolute Gasteiger partial charge is 0.265 e. The lowest BCUT2D eigenvalue weighted by molar-refractivity contribution is 0.0638. The molecule has 1 fully saturated rings. The summed E-state index contributed by atoms with van der Waals surface area (Å²) in [6.07, 6.45) is 4.80. The lowest BCUT2D eigenvalue weighted by Gasteiger charge is -2.36. The molecule has 2 heterocycles. The molecule has 4 rings (SSSR count). The van der Waals surface area contributed by atoms with Gasteiger partial charge in [0.2, 0.25) is 0 Å². The first-order chi connectivity index (χ1) is 12.7. The summed E-state index contributed by atoms with van der Waals surface area (Å²) in [7, 11) is 0. The Balaban J connectivity index is 1.36. The third-order valence-electron chi connectivity index (χ3n) is 5.07. The average molecular weight is 368 g/mol. The molecule has 26 heavy (non-hydrogen) atoms. The second-order valence-electron chi connectivity index (χ2n) is 6.93. The number of amides is 1. The highest BCUT2D eigenvalue weighted by atomic mass is 35.5. The van der Waals surface area contributed by atoms with E-state index in [1.165, 1.54) is 5.56 Å². The van der Waals surface area contributed by atoms with Crippen LogP contribution in [0.5, 0.6) is 0 Å². The highest BCUT2D eigenvalue weighted by Crippen LogP contribution is 2.27. The Bertz CT molecular complexity index is 892. The molecule has 2 N–H and O–H groups in total. The summed E-state index contributed by atoms with van der Waals surface area (Å²) in [5.41, 5.74) is 5.81. The van der Waals surface area contributed by atoms with Crippen LogP contribution in [0.1, 0.15) is 28.8 Å². The highest BCUT2D eigenvalue weighted by Gasteiger charge is 2.28. The van der Waals surface area contributed by atoms with Gasteiger partial charge < -0.3 is 4.98 Å². The molecule has 2 unspecified atom stereocenters. The molecule has 1 aliphatic rings. The molecule has 3 aromatic rings. The number of fused-ring (bicyclic) bond motifs is 1. The molecule has 1 saturated heterocycles. The summed E-state index contributed by atoms with van der Waals surface area (Å²) in [6.45, 7) is 0.768. The van der Waals surface area contributed by atoms with Gasteiger partial charge in [0.25, 0.3) is 5.91 Å². The number of alkyl halides is 1. The summed E-state index contributed by atoms with van der Waals surface area (Å²) in [4.78, 5) is 15.7. The van der Waals surface area contributed by atoms with E-state index in [0.29, 0.717) is 11.5 Å². The first-order valence-electron chi connectivity index (χ1n) is 9.02. The predicted molar refractivity (Wildman–Crippen MR) is 105 cm³/mol. The third-order valence-corrected chi connectivity index (χ3v) is 5.49. The number of carbonyl (C=O) groups is 1. The minimum atomic E-state index is -0.183. The Morgan fingerprint density at radius 2 is 2.04 bits per heavy atom. The maximum atomic E-state index is 12.6. The van der Waals surface area contributed by atoms with Gasteiger partial charge in [-0.1, -0.05) is 30.3 Å². The number of hydrogen-bond donors (Lipinski definition) is 2. The van der Waals surface area contributed by atoms with E-state index in [1.807, 2.05) is 41.5 Å². The molecule has 0 spiro atoms. The van der Waals surface area contributed by atoms with Crippen molar-refractivity contribution in [2.75, 3.05) is 6.54 Å². The van der Waals surface area contributed by atoms with Crippen molar-refractivity contribution in [1.29, 1.82) is 0 Å². The van der Waals surface area contributed by atoms with E-state index in [2.05, 4.69) is 34.7 Å². The van der Waals surface area contributed by atoms with Gasteiger partial charge in [-0.15, -0.1) is 11.6 Å². The Hall–Kier alpha value is -2.30. The van der Waals surface area contributed by atoms with E-state index >= 15 is 0 Å². The maximum Gasteiger partial charge on any atom is 0.265 e. The van der Waals surface area contributed by atoms with Crippen LogP contribution in [0.15, 0.2) is 60.8 Å². The number of rotatable bonds is 4. The number of carbonyl (C=O) groups excluding carboxylic acids is 1. The summed E-state index contributed by atoms with van der Waals surface area (Å²) in [5, 5.41) is 2.90. The largest absolute Gasteiger partial charge is 0.361 e. The summed E-state index contributed by atoms with van der Waals surface area (Å²) < 4.78 is 0. The second kappa shape index (κ2) is 7.52. The molecule has 134 valence electrons. The van der Waals surface area contributed by atoms with E-state index in [4.69, 9.17) is 11.6 Å². The molecule has 0 saturated carbocycles. The van der Waals surface area contributed by atoms with E-state index in [0.717, 1.165) is 36.7 Å². The number of nitrogens with zero attached hydrogens (tertiary/aromatic N) is 1. The number of H-pyrrole nitrogens is 1. The van der Waals surface area contributed by atoms with Gasteiger partial charge in [-0.05, 0) is 55.0 Å². The normalized spacial score (nSPS) is 21.0. The van der Waals surface area contributed by atoms with Gasteiger partial charge in [0.15, 0.2) is 0 Å². The van der Waals surface area contributed by atoms with Crippen LogP contribution < -0.4 is 5.43 Å². The van der Waals surface area contributed by atoms with Gasteiger partial charge >= 0.3 is 0 Å².